The smallest absolute Gasteiger partial charge is 0.411 e. The SMILES string of the molecule is CCOC(=O)c1cc(N)ccc1OCCOCC(F)(F)F. The van der Waals surface area contributed by atoms with Crippen LogP contribution in [-0.2, 0) is 9.47 Å². The molecule has 118 valence electrons. The summed E-state index contributed by atoms with van der Waals surface area (Å²) < 4.78 is 50.1. The van der Waals surface area contributed by atoms with Crippen molar-refractivity contribution < 1.29 is 32.2 Å². The third kappa shape index (κ3) is 6.35. The van der Waals surface area contributed by atoms with Gasteiger partial charge in [0.1, 0.15) is 24.5 Å². The largest absolute Gasteiger partial charge is 0.490 e. The van der Waals surface area contributed by atoms with Crippen molar-refractivity contribution in [3.8, 4) is 5.75 Å². The Morgan fingerprint density at radius 2 is 2.00 bits per heavy atom. The summed E-state index contributed by atoms with van der Waals surface area (Å²) in [5, 5.41) is 0. The number of halogens is 3. The van der Waals surface area contributed by atoms with E-state index >= 15 is 0 Å². The molecule has 0 saturated carbocycles. The molecule has 0 aliphatic rings. The normalized spacial score (nSPS) is 11.2. The van der Waals surface area contributed by atoms with E-state index in [1.54, 1.807) is 6.92 Å². The molecule has 0 heterocycles. The van der Waals surface area contributed by atoms with Gasteiger partial charge in [-0.1, -0.05) is 0 Å². The van der Waals surface area contributed by atoms with Gasteiger partial charge in [-0.2, -0.15) is 13.2 Å². The molecule has 0 bridgehead atoms. The maximum atomic E-state index is 11.9. The Balaban J connectivity index is 2.56. The number of nitrogens with two attached hydrogens (primary N) is 1. The standard InChI is InChI=1S/C13H16F3NO4/c1-2-20-12(18)10-7-9(17)3-4-11(10)21-6-5-19-8-13(14,15)16/h3-4,7H,2,5-6,8,17H2,1H3. The van der Waals surface area contributed by atoms with Crippen LogP contribution in [-0.4, -0.2) is 38.6 Å². The number of rotatable bonds is 7. The number of ether oxygens (including phenoxy) is 3. The van der Waals surface area contributed by atoms with E-state index in [2.05, 4.69) is 4.74 Å². The number of alkyl halides is 3. The number of carbonyl (C=O) groups excluding carboxylic acids is 1. The third-order valence-corrected chi connectivity index (χ3v) is 2.25. The van der Waals surface area contributed by atoms with Crippen molar-refractivity contribution in [2.24, 2.45) is 0 Å². The molecule has 0 radical (unpaired) electrons. The maximum absolute atomic E-state index is 11.9. The van der Waals surface area contributed by atoms with Crippen molar-refractivity contribution in [3.05, 3.63) is 23.8 Å². The first-order chi connectivity index (χ1) is 9.83. The van der Waals surface area contributed by atoms with Crippen molar-refractivity contribution in [1.82, 2.24) is 0 Å². The van der Waals surface area contributed by atoms with Gasteiger partial charge >= 0.3 is 12.1 Å². The highest BCUT2D eigenvalue weighted by Gasteiger charge is 2.27. The highest BCUT2D eigenvalue weighted by molar-refractivity contribution is 5.93. The van der Waals surface area contributed by atoms with Gasteiger partial charge in [0.2, 0.25) is 0 Å². The van der Waals surface area contributed by atoms with Crippen LogP contribution in [0.15, 0.2) is 18.2 Å². The van der Waals surface area contributed by atoms with E-state index in [-0.39, 0.29) is 31.1 Å². The summed E-state index contributed by atoms with van der Waals surface area (Å²) in [6, 6.07) is 4.34. The number of hydrogen-bond donors (Lipinski definition) is 1. The van der Waals surface area contributed by atoms with E-state index in [4.69, 9.17) is 15.2 Å². The van der Waals surface area contributed by atoms with Crippen LogP contribution in [0, 0.1) is 0 Å². The first kappa shape index (κ1) is 17.1. The molecule has 5 nitrogen and oxygen atoms in total. The molecule has 0 atom stereocenters. The van der Waals surface area contributed by atoms with E-state index in [9.17, 15) is 18.0 Å². The van der Waals surface area contributed by atoms with Crippen molar-refractivity contribution in [1.29, 1.82) is 0 Å². The predicted molar refractivity (Wildman–Crippen MR) is 69.2 cm³/mol. The summed E-state index contributed by atoms with van der Waals surface area (Å²) in [5.74, 6) is -0.436. The maximum Gasteiger partial charge on any atom is 0.411 e. The fraction of sp³-hybridized carbons (Fsp3) is 0.462. The number of nitrogen functional groups attached to an aromatic ring is 1. The van der Waals surface area contributed by atoms with E-state index < -0.39 is 18.8 Å². The van der Waals surface area contributed by atoms with Crippen LogP contribution in [0.5, 0.6) is 5.75 Å². The summed E-state index contributed by atoms with van der Waals surface area (Å²) in [6.07, 6.45) is -4.38. The Kier molecular flexibility index (Phi) is 6.29. The van der Waals surface area contributed by atoms with Gasteiger partial charge in [-0.15, -0.1) is 0 Å². The van der Waals surface area contributed by atoms with Gasteiger partial charge < -0.3 is 19.9 Å². The Hall–Kier alpha value is -1.96. The molecule has 0 aliphatic carbocycles. The molecular weight excluding hydrogens is 291 g/mol. The minimum absolute atomic E-state index is 0.118. The summed E-state index contributed by atoms with van der Waals surface area (Å²) in [5.41, 5.74) is 6.04. The lowest BCUT2D eigenvalue weighted by Crippen LogP contribution is -2.19. The number of benzene rings is 1. The molecule has 8 heteroatoms. The van der Waals surface area contributed by atoms with E-state index in [1.165, 1.54) is 18.2 Å². The summed E-state index contributed by atoms with van der Waals surface area (Å²) >= 11 is 0. The summed E-state index contributed by atoms with van der Waals surface area (Å²) in [6.45, 7) is 0.0961. The first-order valence-corrected chi connectivity index (χ1v) is 6.17. The van der Waals surface area contributed by atoms with Crippen LogP contribution in [0.25, 0.3) is 0 Å². The second-order valence-corrected chi connectivity index (χ2v) is 3.99. The second-order valence-electron chi connectivity index (χ2n) is 3.99. The number of carbonyl (C=O) groups is 1. The Morgan fingerprint density at radius 1 is 1.29 bits per heavy atom. The zero-order valence-electron chi connectivity index (χ0n) is 11.4. The van der Waals surface area contributed by atoms with Crippen LogP contribution in [0.1, 0.15) is 17.3 Å². The quantitative estimate of drug-likeness (QED) is 0.476. The fourth-order valence-corrected chi connectivity index (χ4v) is 1.44. The van der Waals surface area contributed by atoms with Crippen LogP contribution < -0.4 is 10.5 Å². The molecule has 1 rings (SSSR count). The summed E-state index contributed by atoms with van der Waals surface area (Å²) in [7, 11) is 0. The van der Waals surface area contributed by atoms with Crippen LogP contribution in [0.2, 0.25) is 0 Å². The molecule has 0 amide bonds. The molecule has 1 aromatic rings. The lowest BCUT2D eigenvalue weighted by Gasteiger charge is -2.12. The molecular formula is C13H16F3NO4. The molecule has 0 fully saturated rings. The average Bonchev–Trinajstić information content (AvgIpc) is 2.38. The lowest BCUT2D eigenvalue weighted by atomic mass is 10.2. The number of hydrogen-bond acceptors (Lipinski definition) is 5. The van der Waals surface area contributed by atoms with Gasteiger partial charge in [0.05, 0.1) is 13.2 Å². The van der Waals surface area contributed by atoms with E-state index in [1.807, 2.05) is 0 Å². The van der Waals surface area contributed by atoms with Gasteiger partial charge in [0.15, 0.2) is 0 Å². The van der Waals surface area contributed by atoms with Gasteiger partial charge in [0, 0.05) is 5.69 Å². The molecule has 0 saturated heterocycles. The minimum atomic E-state index is -4.38. The first-order valence-electron chi connectivity index (χ1n) is 6.17. The predicted octanol–water partition coefficient (Wildman–Crippen LogP) is 2.40. The van der Waals surface area contributed by atoms with Gasteiger partial charge in [-0.05, 0) is 25.1 Å². The monoisotopic (exact) mass is 307 g/mol. The molecule has 0 unspecified atom stereocenters. The van der Waals surface area contributed by atoms with Gasteiger partial charge in [0.25, 0.3) is 0 Å². The van der Waals surface area contributed by atoms with Crippen molar-refractivity contribution in [2.75, 3.05) is 32.2 Å². The molecule has 0 spiro atoms. The minimum Gasteiger partial charge on any atom is -0.490 e. The average molecular weight is 307 g/mol. The summed E-state index contributed by atoms with van der Waals surface area (Å²) in [4.78, 5) is 11.7. The van der Waals surface area contributed by atoms with E-state index in [0.29, 0.717) is 5.69 Å². The lowest BCUT2D eigenvalue weighted by molar-refractivity contribution is -0.175. The van der Waals surface area contributed by atoms with Crippen molar-refractivity contribution >= 4 is 11.7 Å². The zero-order valence-corrected chi connectivity index (χ0v) is 11.4. The molecule has 2 N–H and O–H groups in total. The molecule has 0 aliphatic heterocycles. The van der Waals surface area contributed by atoms with Crippen LogP contribution >= 0.6 is 0 Å². The molecule has 0 aromatic heterocycles. The van der Waals surface area contributed by atoms with Gasteiger partial charge in [-0.3, -0.25) is 0 Å². The number of esters is 1. The fourth-order valence-electron chi connectivity index (χ4n) is 1.44. The third-order valence-electron chi connectivity index (χ3n) is 2.25. The Labute approximate surface area is 119 Å². The highest BCUT2D eigenvalue weighted by atomic mass is 19.4. The van der Waals surface area contributed by atoms with Gasteiger partial charge in [-0.25, -0.2) is 4.79 Å². The molecule has 1 aromatic carbocycles. The van der Waals surface area contributed by atoms with E-state index in [0.717, 1.165) is 0 Å². The highest BCUT2D eigenvalue weighted by Crippen LogP contribution is 2.22. The van der Waals surface area contributed by atoms with Crippen molar-refractivity contribution in [2.45, 2.75) is 13.1 Å². The zero-order chi connectivity index (χ0) is 15.9. The Morgan fingerprint density at radius 3 is 2.62 bits per heavy atom. The van der Waals surface area contributed by atoms with Crippen LogP contribution in [0.4, 0.5) is 18.9 Å². The topological polar surface area (TPSA) is 70.8 Å². The second kappa shape index (κ2) is 7.72. The number of anilines is 1. The van der Waals surface area contributed by atoms with Crippen molar-refractivity contribution in [3.63, 3.8) is 0 Å². The van der Waals surface area contributed by atoms with Crippen LogP contribution in [0.3, 0.4) is 0 Å². The Bertz CT molecular complexity index is 477. The molecule has 21 heavy (non-hydrogen) atoms.